The zero-order valence-electron chi connectivity index (χ0n) is 13.9. The van der Waals surface area contributed by atoms with Crippen LogP contribution in [0.1, 0.15) is 27.2 Å². The van der Waals surface area contributed by atoms with Gasteiger partial charge < -0.3 is 10.5 Å². The minimum atomic E-state index is -3.44. The number of sulfonamides is 1. The standard InChI is InChI=1S/C16H26N2O3S.ClH/c1-12(2)11-21-14-4-6-15(7-5-14)22(19,20)18-9-8-16(17)13(3)10-18;/h4-7,12-13,16H,8-11,17H2,1-3H3;1H. The molecule has 0 aromatic heterocycles. The van der Waals surface area contributed by atoms with E-state index in [1.165, 1.54) is 4.31 Å². The van der Waals surface area contributed by atoms with Gasteiger partial charge in [-0.15, -0.1) is 12.4 Å². The highest BCUT2D eigenvalue weighted by Gasteiger charge is 2.31. The van der Waals surface area contributed by atoms with Gasteiger partial charge in [0.05, 0.1) is 11.5 Å². The van der Waals surface area contributed by atoms with Crippen molar-refractivity contribution in [1.29, 1.82) is 0 Å². The van der Waals surface area contributed by atoms with Gasteiger partial charge in [0.2, 0.25) is 10.0 Å². The minimum absolute atomic E-state index is 0. The fourth-order valence-corrected chi connectivity index (χ4v) is 4.02. The van der Waals surface area contributed by atoms with E-state index in [9.17, 15) is 8.42 Å². The molecule has 2 rings (SSSR count). The van der Waals surface area contributed by atoms with E-state index in [4.69, 9.17) is 10.5 Å². The largest absolute Gasteiger partial charge is 0.493 e. The molecule has 23 heavy (non-hydrogen) atoms. The maximum atomic E-state index is 12.7. The SMILES string of the molecule is CC(C)COc1ccc(S(=O)(=O)N2CCC(N)C(C)C2)cc1.Cl. The molecule has 5 nitrogen and oxygen atoms in total. The highest BCUT2D eigenvalue weighted by molar-refractivity contribution is 7.89. The first-order valence-electron chi connectivity index (χ1n) is 7.79. The van der Waals surface area contributed by atoms with Crippen molar-refractivity contribution in [3.8, 4) is 5.75 Å². The molecule has 132 valence electrons. The van der Waals surface area contributed by atoms with E-state index in [0.29, 0.717) is 42.7 Å². The lowest BCUT2D eigenvalue weighted by Crippen LogP contribution is -2.48. The quantitative estimate of drug-likeness (QED) is 0.873. The fraction of sp³-hybridized carbons (Fsp3) is 0.625. The fourth-order valence-electron chi connectivity index (χ4n) is 2.46. The Morgan fingerprint density at radius 3 is 2.43 bits per heavy atom. The molecule has 2 unspecified atom stereocenters. The number of nitrogens with two attached hydrogens (primary N) is 1. The molecule has 0 radical (unpaired) electrons. The van der Waals surface area contributed by atoms with E-state index in [1.807, 2.05) is 6.92 Å². The molecule has 0 amide bonds. The topological polar surface area (TPSA) is 72.6 Å². The Balaban J connectivity index is 0.00000264. The van der Waals surface area contributed by atoms with Crippen LogP contribution in [-0.2, 0) is 10.0 Å². The van der Waals surface area contributed by atoms with Crippen molar-refractivity contribution in [2.75, 3.05) is 19.7 Å². The highest BCUT2D eigenvalue weighted by Crippen LogP contribution is 2.24. The first-order chi connectivity index (χ1) is 10.3. The van der Waals surface area contributed by atoms with Gasteiger partial charge in [0.1, 0.15) is 5.75 Å². The van der Waals surface area contributed by atoms with Crippen LogP contribution in [0.4, 0.5) is 0 Å². The summed E-state index contributed by atoms with van der Waals surface area (Å²) < 4.78 is 32.4. The van der Waals surface area contributed by atoms with E-state index in [-0.39, 0.29) is 24.4 Å². The van der Waals surface area contributed by atoms with Gasteiger partial charge in [-0.25, -0.2) is 8.42 Å². The maximum absolute atomic E-state index is 12.7. The van der Waals surface area contributed by atoms with Crippen LogP contribution in [0.3, 0.4) is 0 Å². The van der Waals surface area contributed by atoms with Gasteiger partial charge in [-0.05, 0) is 42.5 Å². The van der Waals surface area contributed by atoms with Crippen LogP contribution < -0.4 is 10.5 Å². The van der Waals surface area contributed by atoms with Crippen LogP contribution >= 0.6 is 12.4 Å². The number of hydrogen-bond acceptors (Lipinski definition) is 4. The predicted molar refractivity (Wildman–Crippen MR) is 94.5 cm³/mol. The molecule has 7 heteroatoms. The number of hydrogen-bond donors (Lipinski definition) is 1. The van der Waals surface area contributed by atoms with Gasteiger partial charge in [0, 0.05) is 19.1 Å². The van der Waals surface area contributed by atoms with Gasteiger partial charge in [-0.3, -0.25) is 0 Å². The van der Waals surface area contributed by atoms with Gasteiger partial charge in [-0.1, -0.05) is 20.8 Å². The molecule has 1 aliphatic heterocycles. The molecule has 0 bridgehead atoms. The Morgan fingerprint density at radius 2 is 1.91 bits per heavy atom. The van der Waals surface area contributed by atoms with Crippen molar-refractivity contribution < 1.29 is 13.2 Å². The third-order valence-corrected chi connectivity index (χ3v) is 5.86. The van der Waals surface area contributed by atoms with E-state index >= 15 is 0 Å². The third-order valence-electron chi connectivity index (χ3n) is 3.98. The summed E-state index contributed by atoms with van der Waals surface area (Å²) in [5.41, 5.74) is 5.96. The first-order valence-corrected chi connectivity index (χ1v) is 9.23. The van der Waals surface area contributed by atoms with Crippen LogP contribution in [0.25, 0.3) is 0 Å². The molecular weight excluding hydrogens is 336 g/mol. The summed E-state index contributed by atoms with van der Waals surface area (Å²) in [5.74, 6) is 1.31. The summed E-state index contributed by atoms with van der Waals surface area (Å²) in [6.07, 6.45) is 0.704. The average molecular weight is 363 g/mol. The van der Waals surface area contributed by atoms with Crippen molar-refractivity contribution in [3.63, 3.8) is 0 Å². The molecule has 1 saturated heterocycles. The van der Waals surface area contributed by atoms with Gasteiger partial charge >= 0.3 is 0 Å². The molecule has 1 aromatic rings. The van der Waals surface area contributed by atoms with Crippen molar-refractivity contribution >= 4 is 22.4 Å². The second-order valence-electron chi connectivity index (χ2n) is 6.47. The summed E-state index contributed by atoms with van der Waals surface area (Å²) in [5, 5.41) is 0. The Hall–Kier alpha value is -0.820. The van der Waals surface area contributed by atoms with Crippen LogP contribution in [0, 0.1) is 11.8 Å². The van der Waals surface area contributed by atoms with Crippen LogP contribution in [0.2, 0.25) is 0 Å². The third kappa shape index (κ3) is 5.08. The monoisotopic (exact) mass is 362 g/mol. The minimum Gasteiger partial charge on any atom is -0.493 e. The summed E-state index contributed by atoms with van der Waals surface area (Å²) in [4.78, 5) is 0.312. The summed E-state index contributed by atoms with van der Waals surface area (Å²) in [7, 11) is -3.44. The van der Waals surface area contributed by atoms with Crippen molar-refractivity contribution in [2.45, 2.75) is 38.1 Å². The molecule has 2 N–H and O–H groups in total. The molecule has 0 saturated carbocycles. The van der Waals surface area contributed by atoms with Gasteiger partial charge in [0.15, 0.2) is 0 Å². The number of benzene rings is 1. The Kier molecular flexibility index (Phi) is 7.32. The van der Waals surface area contributed by atoms with E-state index in [2.05, 4.69) is 13.8 Å². The molecule has 1 aliphatic rings. The molecule has 0 aliphatic carbocycles. The number of ether oxygens (including phenoxy) is 1. The Labute approximate surface area is 145 Å². The summed E-state index contributed by atoms with van der Waals surface area (Å²) >= 11 is 0. The number of nitrogens with zero attached hydrogens (tertiary/aromatic N) is 1. The van der Waals surface area contributed by atoms with Crippen LogP contribution in [0.5, 0.6) is 5.75 Å². The number of piperidine rings is 1. The molecule has 1 aromatic carbocycles. The zero-order chi connectivity index (χ0) is 16.3. The number of rotatable bonds is 5. The van der Waals surface area contributed by atoms with E-state index < -0.39 is 10.0 Å². The second-order valence-corrected chi connectivity index (χ2v) is 8.41. The molecule has 1 heterocycles. The van der Waals surface area contributed by atoms with E-state index in [1.54, 1.807) is 24.3 Å². The van der Waals surface area contributed by atoms with Gasteiger partial charge in [0.25, 0.3) is 0 Å². The summed E-state index contributed by atoms with van der Waals surface area (Å²) in [6.45, 7) is 7.72. The van der Waals surface area contributed by atoms with Crippen LogP contribution in [-0.4, -0.2) is 38.5 Å². The first kappa shape index (κ1) is 20.2. The Morgan fingerprint density at radius 1 is 1.30 bits per heavy atom. The van der Waals surface area contributed by atoms with E-state index in [0.717, 1.165) is 0 Å². The summed E-state index contributed by atoms with van der Waals surface area (Å²) in [6, 6.07) is 6.75. The van der Waals surface area contributed by atoms with Crippen molar-refractivity contribution in [2.24, 2.45) is 17.6 Å². The smallest absolute Gasteiger partial charge is 0.243 e. The average Bonchev–Trinajstić information content (AvgIpc) is 2.48. The Bertz CT molecular complexity index is 590. The van der Waals surface area contributed by atoms with Gasteiger partial charge in [-0.2, -0.15) is 4.31 Å². The molecular formula is C16H27ClN2O3S. The molecule has 0 spiro atoms. The lowest BCUT2D eigenvalue weighted by atomic mass is 9.96. The lowest BCUT2D eigenvalue weighted by Gasteiger charge is -2.34. The molecule has 2 atom stereocenters. The van der Waals surface area contributed by atoms with Crippen molar-refractivity contribution in [3.05, 3.63) is 24.3 Å². The number of halogens is 1. The maximum Gasteiger partial charge on any atom is 0.243 e. The predicted octanol–water partition coefficient (Wildman–Crippen LogP) is 2.50. The molecule has 1 fully saturated rings. The highest BCUT2D eigenvalue weighted by atomic mass is 35.5. The lowest BCUT2D eigenvalue weighted by molar-refractivity contribution is 0.250. The second kappa shape index (κ2) is 8.33. The van der Waals surface area contributed by atoms with Crippen LogP contribution in [0.15, 0.2) is 29.2 Å². The van der Waals surface area contributed by atoms with Crippen molar-refractivity contribution in [1.82, 2.24) is 4.31 Å². The normalized spacial score (nSPS) is 22.7. The zero-order valence-corrected chi connectivity index (χ0v) is 15.6.